The maximum Gasteiger partial charge on any atom is 0.262 e. The highest BCUT2D eigenvalue weighted by Gasteiger charge is 2.29. The minimum atomic E-state index is -4.12. The van der Waals surface area contributed by atoms with Crippen LogP contribution in [0.4, 0.5) is 0 Å². The van der Waals surface area contributed by atoms with E-state index in [-0.39, 0.29) is 22.3 Å². The summed E-state index contributed by atoms with van der Waals surface area (Å²) in [5.74, 6) is 0.129. The summed E-state index contributed by atoms with van der Waals surface area (Å²) in [7, 11) is -2.70. The van der Waals surface area contributed by atoms with Crippen molar-refractivity contribution in [2.45, 2.75) is 30.6 Å². The number of hydrogen-bond acceptors (Lipinski definition) is 4. The Morgan fingerprint density at radius 1 is 1.10 bits per heavy atom. The molecule has 0 aromatic heterocycles. The van der Waals surface area contributed by atoms with Gasteiger partial charge >= 0.3 is 0 Å². The van der Waals surface area contributed by atoms with E-state index in [9.17, 15) is 16.8 Å². The Morgan fingerprint density at radius 3 is 2.00 bits per heavy atom. The van der Waals surface area contributed by atoms with Crippen molar-refractivity contribution in [3.63, 3.8) is 0 Å². The molecule has 0 N–H and O–H groups in total. The van der Waals surface area contributed by atoms with Gasteiger partial charge in [-0.05, 0) is 18.1 Å². The molecule has 114 valence electrons. The van der Waals surface area contributed by atoms with Crippen molar-refractivity contribution in [1.82, 2.24) is 4.31 Å². The minimum Gasteiger partial charge on any atom is -0.207 e. The third-order valence-corrected chi connectivity index (χ3v) is 6.16. The molecular weight excluding hydrogens is 322 g/mol. The van der Waals surface area contributed by atoms with Gasteiger partial charge in [0.25, 0.3) is 9.05 Å². The van der Waals surface area contributed by atoms with Crippen LogP contribution in [0, 0.1) is 5.92 Å². The predicted octanol–water partition coefficient (Wildman–Crippen LogP) is 2.28. The van der Waals surface area contributed by atoms with Crippen molar-refractivity contribution >= 4 is 29.8 Å². The molecule has 5 nitrogen and oxygen atoms in total. The van der Waals surface area contributed by atoms with Gasteiger partial charge in [-0.25, -0.2) is 16.8 Å². The Kier molecular flexibility index (Phi) is 5.60. The lowest BCUT2D eigenvalue weighted by atomic mass is 10.2. The Labute approximate surface area is 125 Å². The Morgan fingerprint density at radius 2 is 1.60 bits per heavy atom. The van der Waals surface area contributed by atoms with E-state index >= 15 is 0 Å². The lowest BCUT2D eigenvalue weighted by Gasteiger charge is -2.23. The Bertz CT molecular complexity index is 668. The van der Waals surface area contributed by atoms with Crippen molar-refractivity contribution in [3.05, 3.63) is 24.3 Å². The average Bonchev–Trinajstić information content (AvgIpc) is 2.34. The zero-order valence-corrected chi connectivity index (χ0v) is 14.0. The maximum atomic E-state index is 12.6. The largest absolute Gasteiger partial charge is 0.262 e. The first-order valence-electron chi connectivity index (χ1n) is 6.14. The molecule has 0 aliphatic carbocycles. The Balaban J connectivity index is 3.43. The summed E-state index contributed by atoms with van der Waals surface area (Å²) < 4.78 is 49.4. The third kappa shape index (κ3) is 3.94. The highest BCUT2D eigenvalue weighted by molar-refractivity contribution is 8.14. The van der Waals surface area contributed by atoms with E-state index in [2.05, 4.69) is 0 Å². The van der Waals surface area contributed by atoms with Gasteiger partial charge in [0.1, 0.15) is 9.79 Å². The van der Waals surface area contributed by atoms with Gasteiger partial charge in [-0.3, -0.25) is 0 Å². The van der Waals surface area contributed by atoms with Crippen molar-refractivity contribution in [1.29, 1.82) is 0 Å². The molecular formula is C12H18ClNO4S2. The van der Waals surface area contributed by atoms with Crippen LogP contribution in [0.2, 0.25) is 0 Å². The lowest BCUT2D eigenvalue weighted by molar-refractivity contribution is 0.380. The molecule has 0 aliphatic rings. The second kappa shape index (κ2) is 6.43. The third-order valence-electron chi connectivity index (χ3n) is 2.65. The molecule has 0 radical (unpaired) electrons. The van der Waals surface area contributed by atoms with Crippen LogP contribution >= 0.6 is 10.7 Å². The highest BCUT2D eigenvalue weighted by atomic mass is 35.7. The molecule has 0 amide bonds. The van der Waals surface area contributed by atoms with E-state index in [4.69, 9.17) is 10.7 Å². The van der Waals surface area contributed by atoms with E-state index in [1.807, 2.05) is 13.8 Å². The van der Waals surface area contributed by atoms with Crippen LogP contribution in [-0.2, 0) is 19.1 Å². The van der Waals surface area contributed by atoms with Crippen molar-refractivity contribution in [2.24, 2.45) is 5.92 Å². The van der Waals surface area contributed by atoms with Gasteiger partial charge in [0.05, 0.1) is 0 Å². The van der Waals surface area contributed by atoms with Crippen LogP contribution in [-0.4, -0.2) is 34.2 Å². The second-order valence-electron chi connectivity index (χ2n) is 4.73. The van der Waals surface area contributed by atoms with Gasteiger partial charge in [-0.1, -0.05) is 32.9 Å². The number of benzene rings is 1. The van der Waals surface area contributed by atoms with Crippen LogP contribution in [0.15, 0.2) is 34.1 Å². The molecule has 0 bridgehead atoms. The summed E-state index contributed by atoms with van der Waals surface area (Å²) in [5.41, 5.74) is 0. The van der Waals surface area contributed by atoms with Gasteiger partial charge in [-0.2, -0.15) is 4.31 Å². The van der Waals surface area contributed by atoms with Crippen LogP contribution in [0.3, 0.4) is 0 Å². The molecule has 0 heterocycles. The molecule has 0 saturated carbocycles. The summed E-state index contributed by atoms with van der Waals surface area (Å²) in [5, 5.41) is 0. The van der Waals surface area contributed by atoms with Gasteiger partial charge in [0.15, 0.2) is 0 Å². The molecule has 8 heteroatoms. The van der Waals surface area contributed by atoms with Crippen LogP contribution in [0.1, 0.15) is 20.8 Å². The first-order valence-corrected chi connectivity index (χ1v) is 9.89. The first-order chi connectivity index (χ1) is 9.10. The number of rotatable bonds is 6. The molecule has 20 heavy (non-hydrogen) atoms. The second-order valence-corrected chi connectivity index (χ2v) is 9.17. The lowest BCUT2D eigenvalue weighted by Crippen LogP contribution is -2.34. The average molecular weight is 340 g/mol. The predicted molar refractivity (Wildman–Crippen MR) is 78.8 cm³/mol. The quantitative estimate of drug-likeness (QED) is 0.745. The normalized spacial score (nSPS) is 13.1. The summed E-state index contributed by atoms with van der Waals surface area (Å²) >= 11 is 0. The Hall–Kier alpha value is -0.630. The zero-order valence-electron chi connectivity index (χ0n) is 11.6. The molecule has 0 fully saturated rings. The topological polar surface area (TPSA) is 71.5 Å². The molecule has 0 aliphatic heterocycles. The summed E-state index contributed by atoms with van der Waals surface area (Å²) in [4.78, 5) is -0.665. The summed E-state index contributed by atoms with van der Waals surface area (Å²) in [6.07, 6.45) is 0. The van der Waals surface area contributed by atoms with Gasteiger partial charge in [0.2, 0.25) is 10.0 Å². The fourth-order valence-corrected chi connectivity index (χ4v) is 5.23. The van der Waals surface area contributed by atoms with Crippen LogP contribution < -0.4 is 0 Å². The first kappa shape index (κ1) is 17.4. The number of sulfonamides is 1. The zero-order chi connectivity index (χ0) is 15.6. The molecule has 1 aromatic rings. The fraction of sp³-hybridized carbons (Fsp3) is 0.500. The molecule has 0 atom stereocenters. The molecule has 1 rings (SSSR count). The van der Waals surface area contributed by atoms with E-state index < -0.39 is 19.1 Å². The monoisotopic (exact) mass is 339 g/mol. The van der Waals surface area contributed by atoms with Gasteiger partial charge in [-0.15, -0.1) is 0 Å². The molecule has 0 unspecified atom stereocenters. The number of nitrogens with zero attached hydrogens (tertiary/aromatic N) is 1. The maximum absolute atomic E-state index is 12.6. The van der Waals surface area contributed by atoms with Crippen molar-refractivity contribution in [3.8, 4) is 0 Å². The van der Waals surface area contributed by atoms with E-state index in [1.165, 1.54) is 28.6 Å². The molecule has 0 spiro atoms. The van der Waals surface area contributed by atoms with E-state index in [0.29, 0.717) is 6.54 Å². The van der Waals surface area contributed by atoms with Gasteiger partial charge < -0.3 is 0 Å². The summed E-state index contributed by atoms with van der Waals surface area (Å²) in [6.45, 7) is 6.06. The van der Waals surface area contributed by atoms with Crippen LogP contribution in [0.25, 0.3) is 0 Å². The number of halogens is 1. The molecule has 1 aromatic carbocycles. The van der Waals surface area contributed by atoms with Gasteiger partial charge in [0, 0.05) is 23.8 Å². The minimum absolute atomic E-state index is 0.129. The van der Waals surface area contributed by atoms with E-state index in [1.54, 1.807) is 6.92 Å². The van der Waals surface area contributed by atoms with Crippen molar-refractivity contribution in [2.75, 3.05) is 13.1 Å². The smallest absolute Gasteiger partial charge is 0.207 e. The van der Waals surface area contributed by atoms with Crippen LogP contribution in [0.5, 0.6) is 0 Å². The summed E-state index contributed by atoms with van der Waals surface area (Å²) in [6, 6.07) is 5.36. The van der Waals surface area contributed by atoms with Crippen molar-refractivity contribution < 1.29 is 16.8 Å². The highest BCUT2D eigenvalue weighted by Crippen LogP contribution is 2.27. The standard InChI is InChI=1S/C12H18ClNO4S2/c1-4-14(9-10(2)3)20(17,18)12-8-6-5-7-11(12)19(13,15)16/h5-8,10H,4,9H2,1-3H3. The SMILES string of the molecule is CCN(CC(C)C)S(=O)(=O)c1ccccc1S(=O)(=O)Cl. The fourth-order valence-electron chi connectivity index (χ4n) is 1.81. The molecule has 0 saturated heterocycles. The van der Waals surface area contributed by atoms with E-state index in [0.717, 1.165) is 0 Å². The number of hydrogen-bond donors (Lipinski definition) is 0.